The molecule has 0 aliphatic rings. The number of fused-ring (bicyclic) bond motifs is 1. The van der Waals surface area contributed by atoms with Crippen LogP contribution in [0.25, 0.3) is 10.9 Å². The number of rotatable bonds is 3. The molecule has 5 nitrogen and oxygen atoms in total. The number of nitrogen functional groups attached to an aromatic ring is 1. The highest BCUT2D eigenvalue weighted by Gasteiger charge is 2.08. The van der Waals surface area contributed by atoms with Gasteiger partial charge >= 0.3 is 5.97 Å². The SMILES string of the molecule is COC(=O)CCc1[nH]nc2ccc(N)cc12. The number of anilines is 1. The monoisotopic (exact) mass is 219 g/mol. The first-order chi connectivity index (χ1) is 7.70. The van der Waals surface area contributed by atoms with Crippen molar-refractivity contribution in [3.05, 3.63) is 23.9 Å². The van der Waals surface area contributed by atoms with E-state index in [2.05, 4.69) is 14.9 Å². The highest BCUT2D eigenvalue weighted by Crippen LogP contribution is 2.19. The number of nitrogens with one attached hydrogen (secondary N) is 1. The minimum absolute atomic E-state index is 0.230. The first-order valence-corrected chi connectivity index (χ1v) is 5.00. The summed E-state index contributed by atoms with van der Waals surface area (Å²) in [4.78, 5) is 11.0. The van der Waals surface area contributed by atoms with Crippen molar-refractivity contribution >= 4 is 22.6 Å². The number of aromatic amines is 1. The zero-order chi connectivity index (χ0) is 11.5. The van der Waals surface area contributed by atoms with Crippen molar-refractivity contribution in [3.8, 4) is 0 Å². The van der Waals surface area contributed by atoms with Crippen molar-refractivity contribution in [2.75, 3.05) is 12.8 Å². The predicted molar refractivity (Wildman–Crippen MR) is 60.8 cm³/mol. The number of benzene rings is 1. The lowest BCUT2D eigenvalue weighted by atomic mass is 10.1. The summed E-state index contributed by atoms with van der Waals surface area (Å²) in [5.74, 6) is -0.230. The number of nitrogens with zero attached hydrogens (tertiary/aromatic N) is 1. The Morgan fingerprint density at radius 3 is 3.12 bits per heavy atom. The standard InChI is InChI=1S/C11H13N3O2/c1-16-11(15)5-4-10-8-6-7(12)2-3-9(8)13-14-10/h2-3,6H,4-5,12H2,1H3,(H,13,14). The van der Waals surface area contributed by atoms with Crippen LogP contribution < -0.4 is 5.73 Å². The molecule has 1 aromatic heterocycles. The smallest absolute Gasteiger partial charge is 0.305 e. The number of hydrogen-bond donors (Lipinski definition) is 2. The summed E-state index contributed by atoms with van der Waals surface area (Å²) in [5, 5.41) is 8.00. The second kappa shape index (κ2) is 4.22. The van der Waals surface area contributed by atoms with Crippen molar-refractivity contribution in [1.82, 2.24) is 10.2 Å². The van der Waals surface area contributed by atoms with Gasteiger partial charge in [-0.05, 0) is 18.2 Å². The van der Waals surface area contributed by atoms with Gasteiger partial charge in [0.1, 0.15) is 0 Å². The number of hydrogen-bond acceptors (Lipinski definition) is 4. The van der Waals surface area contributed by atoms with Crippen molar-refractivity contribution in [3.63, 3.8) is 0 Å². The highest BCUT2D eigenvalue weighted by atomic mass is 16.5. The molecule has 84 valence electrons. The number of aryl methyl sites for hydroxylation is 1. The Morgan fingerprint density at radius 1 is 1.56 bits per heavy atom. The van der Waals surface area contributed by atoms with Gasteiger partial charge in [0, 0.05) is 23.2 Å². The molecule has 0 aliphatic carbocycles. The van der Waals surface area contributed by atoms with E-state index in [1.54, 1.807) is 6.07 Å². The Hall–Kier alpha value is -2.04. The first-order valence-electron chi connectivity index (χ1n) is 5.00. The number of nitrogens with two attached hydrogens (primary N) is 1. The van der Waals surface area contributed by atoms with Crippen molar-refractivity contribution in [2.45, 2.75) is 12.8 Å². The van der Waals surface area contributed by atoms with Crippen LogP contribution in [0.1, 0.15) is 12.1 Å². The lowest BCUT2D eigenvalue weighted by Crippen LogP contribution is -2.02. The molecule has 0 fully saturated rings. The average molecular weight is 219 g/mol. The lowest BCUT2D eigenvalue weighted by Gasteiger charge is -1.98. The second-order valence-electron chi connectivity index (χ2n) is 3.55. The zero-order valence-electron chi connectivity index (χ0n) is 8.99. The Morgan fingerprint density at radius 2 is 2.38 bits per heavy atom. The van der Waals surface area contributed by atoms with Gasteiger partial charge < -0.3 is 10.5 Å². The first kappa shape index (κ1) is 10.5. The van der Waals surface area contributed by atoms with Gasteiger partial charge in [-0.2, -0.15) is 5.10 Å². The van der Waals surface area contributed by atoms with E-state index in [9.17, 15) is 4.79 Å². The Labute approximate surface area is 92.6 Å². The molecule has 0 saturated carbocycles. The molecular formula is C11H13N3O2. The molecule has 5 heteroatoms. The third-order valence-electron chi connectivity index (χ3n) is 2.46. The molecule has 0 unspecified atom stereocenters. The van der Waals surface area contributed by atoms with Crippen LogP contribution in [0.15, 0.2) is 18.2 Å². The second-order valence-corrected chi connectivity index (χ2v) is 3.55. The normalized spacial score (nSPS) is 10.6. The summed E-state index contributed by atoms with van der Waals surface area (Å²) in [5.41, 5.74) is 8.15. The molecule has 0 radical (unpaired) electrons. The van der Waals surface area contributed by atoms with Crippen LogP contribution in [-0.2, 0) is 16.0 Å². The molecule has 2 aromatic rings. The number of carbonyl (C=O) groups excluding carboxylic acids is 1. The number of esters is 1. The van der Waals surface area contributed by atoms with E-state index in [-0.39, 0.29) is 5.97 Å². The van der Waals surface area contributed by atoms with Crippen LogP contribution in [0.2, 0.25) is 0 Å². The van der Waals surface area contributed by atoms with Gasteiger partial charge in [-0.25, -0.2) is 0 Å². The Kier molecular flexibility index (Phi) is 2.76. The molecule has 0 bridgehead atoms. The molecule has 16 heavy (non-hydrogen) atoms. The van der Waals surface area contributed by atoms with Crippen LogP contribution in [0.4, 0.5) is 5.69 Å². The van der Waals surface area contributed by atoms with E-state index in [1.165, 1.54) is 7.11 Å². The highest BCUT2D eigenvalue weighted by molar-refractivity contribution is 5.84. The van der Waals surface area contributed by atoms with Crippen LogP contribution in [0.5, 0.6) is 0 Å². The molecule has 1 heterocycles. The van der Waals surface area contributed by atoms with Gasteiger partial charge in [0.25, 0.3) is 0 Å². The third kappa shape index (κ3) is 1.98. The molecule has 0 amide bonds. The fourth-order valence-corrected chi connectivity index (χ4v) is 1.60. The van der Waals surface area contributed by atoms with E-state index < -0.39 is 0 Å². The van der Waals surface area contributed by atoms with Gasteiger partial charge in [0.2, 0.25) is 0 Å². The average Bonchev–Trinajstić information content (AvgIpc) is 2.68. The minimum Gasteiger partial charge on any atom is -0.469 e. The Balaban J connectivity index is 2.24. The topological polar surface area (TPSA) is 81.0 Å². The molecular weight excluding hydrogens is 206 g/mol. The fourth-order valence-electron chi connectivity index (χ4n) is 1.60. The van der Waals surface area contributed by atoms with E-state index in [0.717, 1.165) is 16.6 Å². The third-order valence-corrected chi connectivity index (χ3v) is 2.46. The number of H-pyrrole nitrogens is 1. The molecule has 0 aliphatic heterocycles. The molecule has 2 rings (SSSR count). The Bertz CT molecular complexity index is 519. The van der Waals surface area contributed by atoms with Gasteiger partial charge in [0.15, 0.2) is 0 Å². The molecule has 0 atom stereocenters. The predicted octanol–water partition coefficient (Wildman–Crippen LogP) is 1.25. The van der Waals surface area contributed by atoms with Crippen LogP contribution >= 0.6 is 0 Å². The van der Waals surface area contributed by atoms with Gasteiger partial charge in [-0.1, -0.05) is 0 Å². The number of aromatic nitrogens is 2. The number of methoxy groups -OCH3 is 1. The summed E-state index contributed by atoms with van der Waals surface area (Å²) < 4.78 is 4.59. The quantitative estimate of drug-likeness (QED) is 0.601. The zero-order valence-corrected chi connectivity index (χ0v) is 8.99. The summed E-state index contributed by atoms with van der Waals surface area (Å²) in [6.45, 7) is 0. The maximum absolute atomic E-state index is 11.0. The van der Waals surface area contributed by atoms with Crippen molar-refractivity contribution < 1.29 is 9.53 Å². The number of ether oxygens (including phenoxy) is 1. The molecule has 3 N–H and O–H groups in total. The maximum Gasteiger partial charge on any atom is 0.305 e. The summed E-state index contributed by atoms with van der Waals surface area (Å²) in [6.07, 6.45) is 0.912. The number of carbonyl (C=O) groups is 1. The van der Waals surface area contributed by atoms with Gasteiger partial charge in [0.05, 0.1) is 19.0 Å². The van der Waals surface area contributed by atoms with E-state index in [4.69, 9.17) is 5.73 Å². The van der Waals surface area contributed by atoms with Gasteiger partial charge in [-0.15, -0.1) is 0 Å². The van der Waals surface area contributed by atoms with E-state index in [1.807, 2.05) is 12.1 Å². The molecule has 0 saturated heterocycles. The van der Waals surface area contributed by atoms with Crippen molar-refractivity contribution in [2.24, 2.45) is 0 Å². The fraction of sp³-hybridized carbons (Fsp3) is 0.273. The van der Waals surface area contributed by atoms with Crippen LogP contribution in [0, 0.1) is 0 Å². The molecule has 1 aromatic carbocycles. The summed E-state index contributed by atoms with van der Waals surface area (Å²) in [7, 11) is 1.38. The van der Waals surface area contributed by atoms with E-state index in [0.29, 0.717) is 18.5 Å². The van der Waals surface area contributed by atoms with Crippen LogP contribution in [-0.4, -0.2) is 23.3 Å². The minimum atomic E-state index is -0.230. The summed E-state index contributed by atoms with van der Waals surface area (Å²) in [6, 6.07) is 5.50. The van der Waals surface area contributed by atoms with Crippen LogP contribution in [0.3, 0.4) is 0 Å². The van der Waals surface area contributed by atoms with E-state index >= 15 is 0 Å². The van der Waals surface area contributed by atoms with Gasteiger partial charge in [-0.3, -0.25) is 9.89 Å². The molecule has 0 spiro atoms. The van der Waals surface area contributed by atoms with Crippen molar-refractivity contribution in [1.29, 1.82) is 0 Å². The summed E-state index contributed by atoms with van der Waals surface area (Å²) >= 11 is 0. The lowest BCUT2D eigenvalue weighted by molar-refractivity contribution is -0.140. The maximum atomic E-state index is 11.0. The largest absolute Gasteiger partial charge is 0.469 e.